The lowest BCUT2D eigenvalue weighted by Crippen LogP contribution is -2.50. The van der Waals surface area contributed by atoms with Gasteiger partial charge in [0.2, 0.25) is 0 Å². The molecule has 1 atom stereocenters. The Morgan fingerprint density at radius 1 is 1.47 bits per heavy atom. The Labute approximate surface area is 124 Å². The highest BCUT2D eigenvalue weighted by Crippen LogP contribution is 2.20. The molecule has 0 aliphatic rings. The first-order valence-corrected chi connectivity index (χ1v) is 6.95. The van der Waals surface area contributed by atoms with Gasteiger partial charge in [-0.25, -0.2) is 0 Å². The molecular formula is C14H19Cl2NO2. The molecule has 1 aromatic rings. The molecule has 19 heavy (non-hydrogen) atoms. The zero-order valence-electron chi connectivity index (χ0n) is 11.6. The Kier molecular flexibility index (Phi) is 5.50. The van der Waals surface area contributed by atoms with Gasteiger partial charge in [0.25, 0.3) is 5.91 Å². The van der Waals surface area contributed by atoms with Crippen molar-refractivity contribution in [3.8, 4) is 5.75 Å². The van der Waals surface area contributed by atoms with Crippen molar-refractivity contribution >= 4 is 29.1 Å². The van der Waals surface area contributed by atoms with Crippen molar-refractivity contribution in [1.82, 2.24) is 4.90 Å². The zero-order chi connectivity index (χ0) is 14.6. The molecule has 0 N–H and O–H groups in total. The molecule has 0 saturated carbocycles. The molecule has 0 aromatic heterocycles. The molecule has 1 amide bonds. The highest BCUT2D eigenvalue weighted by atomic mass is 35.5. The molecule has 0 bridgehead atoms. The average Bonchev–Trinajstić information content (AvgIpc) is 2.36. The van der Waals surface area contributed by atoms with Crippen LogP contribution in [0.5, 0.6) is 5.75 Å². The minimum Gasteiger partial charge on any atom is -0.481 e. The zero-order valence-corrected chi connectivity index (χ0v) is 13.1. The van der Waals surface area contributed by atoms with Crippen LogP contribution in [0.25, 0.3) is 0 Å². The van der Waals surface area contributed by atoms with Crippen LogP contribution in [0, 0.1) is 0 Å². The van der Waals surface area contributed by atoms with Gasteiger partial charge in [0.15, 0.2) is 6.10 Å². The summed E-state index contributed by atoms with van der Waals surface area (Å²) in [5.41, 5.74) is -0.412. The van der Waals surface area contributed by atoms with E-state index in [9.17, 15) is 4.79 Å². The summed E-state index contributed by atoms with van der Waals surface area (Å²) in [6, 6.07) is 6.98. The highest BCUT2D eigenvalue weighted by Gasteiger charge is 2.30. The maximum atomic E-state index is 12.2. The van der Waals surface area contributed by atoms with E-state index >= 15 is 0 Å². The molecule has 106 valence electrons. The van der Waals surface area contributed by atoms with Crippen molar-refractivity contribution in [2.24, 2.45) is 0 Å². The molecule has 0 aliphatic heterocycles. The second kappa shape index (κ2) is 6.49. The standard InChI is InChI=1S/C14H19Cl2NO2/c1-10(13(18)17(4)14(2,3)9-15)19-12-7-5-6-11(16)8-12/h5-8,10H,9H2,1-4H3. The molecular weight excluding hydrogens is 285 g/mol. The van der Waals surface area contributed by atoms with E-state index in [0.29, 0.717) is 16.7 Å². The molecule has 0 heterocycles. The van der Waals surface area contributed by atoms with Crippen LogP contribution in [0.3, 0.4) is 0 Å². The first-order chi connectivity index (χ1) is 8.77. The van der Waals surface area contributed by atoms with Gasteiger partial charge in [0, 0.05) is 18.0 Å². The number of halogens is 2. The van der Waals surface area contributed by atoms with Crippen LogP contribution >= 0.6 is 23.2 Å². The number of carbonyl (C=O) groups is 1. The highest BCUT2D eigenvalue weighted by molar-refractivity contribution is 6.30. The van der Waals surface area contributed by atoms with Gasteiger partial charge in [-0.3, -0.25) is 4.79 Å². The summed E-state index contributed by atoms with van der Waals surface area (Å²) < 4.78 is 5.60. The van der Waals surface area contributed by atoms with Crippen molar-refractivity contribution in [3.05, 3.63) is 29.3 Å². The third kappa shape index (κ3) is 4.29. The summed E-state index contributed by atoms with van der Waals surface area (Å²) >= 11 is 11.7. The summed E-state index contributed by atoms with van der Waals surface area (Å²) in [5.74, 6) is 0.815. The molecule has 0 radical (unpaired) electrons. The number of hydrogen-bond donors (Lipinski definition) is 0. The first-order valence-electron chi connectivity index (χ1n) is 6.04. The van der Waals surface area contributed by atoms with Crippen molar-refractivity contribution < 1.29 is 9.53 Å². The first kappa shape index (κ1) is 16.1. The van der Waals surface area contributed by atoms with E-state index in [2.05, 4.69) is 0 Å². The maximum absolute atomic E-state index is 12.2. The number of nitrogens with zero attached hydrogens (tertiary/aromatic N) is 1. The van der Waals surface area contributed by atoms with Crippen LogP contribution in [0.2, 0.25) is 5.02 Å². The van der Waals surface area contributed by atoms with Gasteiger partial charge < -0.3 is 9.64 Å². The maximum Gasteiger partial charge on any atom is 0.263 e. The van der Waals surface area contributed by atoms with Crippen LogP contribution in [0.15, 0.2) is 24.3 Å². The number of ether oxygens (including phenoxy) is 1. The van der Waals surface area contributed by atoms with Crippen LogP contribution in [-0.4, -0.2) is 35.4 Å². The van der Waals surface area contributed by atoms with E-state index in [1.807, 2.05) is 13.8 Å². The minimum absolute atomic E-state index is 0.120. The van der Waals surface area contributed by atoms with E-state index in [1.165, 1.54) is 0 Å². The van der Waals surface area contributed by atoms with Gasteiger partial charge in [-0.1, -0.05) is 17.7 Å². The van der Waals surface area contributed by atoms with Gasteiger partial charge in [-0.05, 0) is 39.0 Å². The van der Waals surface area contributed by atoms with Crippen molar-refractivity contribution in [1.29, 1.82) is 0 Å². The van der Waals surface area contributed by atoms with Crippen LogP contribution in [0.1, 0.15) is 20.8 Å². The SMILES string of the molecule is CC(Oc1cccc(Cl)c1)C(=O)N(C)C(C)(C)CCl. The van der Waals surface area contributed by atoms with E-state index in [-0.39, 0.29) is 5.91 Å². The van der Waals surface area contributed by atoms with Gasteiger partial charge in [-0.15, -0.1) is 11.6 Å². The molecule has 3 nitrogen and oxygen atoms in total. The summed E-state index contributed by atoms with van der Waals surface area (Å²) in [6.07, 6.45) is -0.592. The molecule has 0 fully saturated rings. The predicted molar refractivity (Wildman–Crippen MR) is 79.1 cm³/mol. The van der Waals surface area contributed by atoms with Crippen LogP contribution in [-0.2, 0) is 4.79 Å². The molecule has 0 saturated heterocycles. The predicted octanol–water partition coefficient (Wildman–Crippen LogP) is 3.58. The lowest BCUT2D eigenvalue weighted by atomic mass is 10.1. The number of carbonyl (C=O) groups excluding carboxylic acids is 1. The van der Waals surface area contributed by atoms with Gasteiger partial charge >= 0.3 is 0 Å². The molecule has 0 spiro atoms. The summed E-state index contributed by atoms with van der Waals surface area (Å²) in [7, 11) is 1.72. The molecule has 5 heteroatoms. The third-order valence-electron chi connectivity index (χ3n) is 3.02. The Bertz CT molecular complexity index is 449. The van der Waals surface area contributed by atoms with Gasteiger partial charge in [0.1, 0.15) is 5.75 Å². The van der Waals surface area contributed by atoms with Crippen molar-refractivity contribution in [3.63, 3.8) is 0 Å². The Balaban J connectivity index is 2.73. The number of amides is 1. The lowest BCUT2D eigenvalue weighted by molar-refractivity contribution is -0.140. The van der Waals surface area contributed by atoms with Gasteiger partial charge in [-0.2, -0.15) is 0 Å². The van der Waals surface area contributed by atoms with Crippen LogP contribution < -0.4 is 4.74 Å². The molecule has 1 unspecified atom stereocenters. The number of hydrogen-bond acceptors (Lipinski definition) is 2. The minimum atomic E-state index is -0.592. The second-order valence-electron chi connectivity index (χ2n) is 5.06. The third-order valence-corrected chi connectivity index (χ3v) is 3.91. The summed E-state index contributed by atoms with van der Waals surface area (Å²) in [6.45, 7) is 5.53. The quantitative estimate of drug-likeness (QED) is 0.778. The van der Waals surface area contributed by atoms with Gasteiger partial charge in [0.05, 0.1) is 5.54 Å². The normalized spacial score (nSPS) is 12.9. The number of rotatable bonds is 5. The molecule has 0 aliphatic carbocycles. The van der Waals surface area contributed by atoms with Crippen molar-refractivity contribution in [2.75, 3.05) is 12.9 Å². The largest absolute Gasteiger partial charge is 0.481 e. The Morgan fingerprint density at radius 2 is 2.11 bits per heavy atom. The average molecular weight is 304 g/mol. The summed E-state index contributed by atoms with van der Waals surface area (Å²) in [5, 5.41) is 0.576. The van der Waals surface area contributed by atoms with E-state index < -0.39 is 11.6 Å². The fourth-order valence-electron chi connectivity index (χ4n) is 1.46. The number of likely N-dealkylation sites (N-methyl/N-ethyl adjacent to an activating group) is 1. The monoisotopic (exact) mass is 303 g/mol. The molecule has 1 aromatic carbocycles. The Morgan fingerprint density at radius 3 is 2.63 bits per heavy atom. The number of benzene rings is 1. The number of alkyl halides is 1. The lowest BCUT2D eigenvalue weighted by Gasteiger charge is -2.35. The topological polar surface area (TPSA) is 29.5 Å². The summed E-state index contributed by atoms with van der Waals surface area (Å²) in [4.78, 5) is 13.9. The second-order valence-corrected chi connectivity index (χ2v) is 5.76. The Hall–Kier alpha value is -0.930. The smallest absolute Gasteiger partial charge is 0.263 e. The molecule has 1 rings (SSSR count). The fourth-order valence-corrected chi connectivity index (χ4v) is 1.82. The fraction of sp³-hybridized carbons (Fsp3) is 0.500. The van der Waals surface area contributed by atoms with Crippen LogP contribution in [0.4, 0.5) is 0 Å². The van der Waals surface area contributed by atoms with E-state index in [4.69, 9.17) is 27.9 Å². The van der Waals surface area contributed by atoms with E-state index in [0.717, 1.165) is 0 Å². The van der Waals surface area contributed by atoms with Crippen molar-refractivity contribution in [2.45, 2.75) is 32.4 Å². The van der Waals surface area contributed by atoms with E-state index in [1.54, 1.807) is 43.1 Å².